The highest BCUT2D eigenvalue weighted by molar-refractivity contribution is 6.05. The Labute approximate surface area is 104 Å². The molecule has 2 heterocycles. The smallest absolute Gasteiger partial charge is 0.306 e. The van der Waals surface area contributed by atoms with Gasteiger partial charge in [0, 0.05) is 25.4 Å². The summed E-state index contributed by atoms with van der Waals surface area (Å²) in [5, 5.41) is 8.87. The summed E-state index contributed by atoms with van der Waals surface area (Å²) in [5.41, 5.74) is 0. The van der Waals surface area contributed by atoms with Crippen molar-refractivity contribution < 1.29 is 19.5 Å². The molecule has 96 valence electrons. The molecule has 1 unspecified atom stereocenters. The fourth-order valence-electron chi connectivity index (χ4n) is 2.14. The SMILES string of the molecule is O=C1C=CC(C(=O)N2CCC(C(=O)O)CC2)C=N1. The molecular formula is C12H14N2O4. The number of aliphatic imine (C=N–C) groups is 1. The zero-order valence-corrected chi connectivity index (χ0v) is 9.78. The molecule has 0 bridgehead atoms. The molecule has 0 aromatic rings. The van der Waals surface area contributed by atoms with Crippen LogP contribution in [-0.2, 0) is 14.4 Å². The number of carbonyl (C=O) groups excluding carboxylic acids is 2. The highest BCUT2D eigenvalue weighted by atomic mass is 16.4. The summed E-state index contributed by atoms with van der Waals surface area (Å²) >= 11 is 0. The van der Waals surface area contributed by atoms with E-state index in [1.807, 2.05) is 0 Å². The number of likely N-dealkylation sites (tertiary alicyclic amines) is 1. The molecule has 2 rings (SSSR count). The van der Waals surface area contributed by atoms with Gasteiger partial charge in [0.2, 0.25) is 5.91 Å². The van der Waals surface area contributed by atoms with Crippen LogP contribution in [0.25, 0.3) is 0 Å². The van der Waals surface area contributed by atoms with Crippen molar-refractivity contribution in [2.75, 3.05) is 13.1 Å². The van der Waals surface area contributed by atoms with E-state index in [9.17, 15) is 14.4 Å². The predicted octanol–water partition coefficient (Wildman–Crippen LogP) is 0.0930. The lowest BCUT2D eigenvalue weighted by atomic mass is 9.96. The number of rotatable bonds is 2. The van der Waals surface area contributed by atoms with Crippen LogP contribution in [0.15, 0.2) is 17.1 Å². The zero-order valence-electron chi connectivity index (χ0n) is 9.78. The maximum atomic E-state index is 12.1. The number of nitrogens with zero attached hydrogens (tertiary/aromatic N) is 2. The average molecular weight is 250 g/mol. The molecule has 0 saturated carbocycles. The maximum Gasteiger partial charge on any atom is 0.306 e. The molecule has 0 aromatic carbocycles. The van der Waals surface area contributed by atoms with E-state index in [4.69, 9.17) is 5.11 Å². The number of amides is 2. The molecule has 18 heavy (non-hydrogen) atoms. The van der Waals surface area contributed by atoms with Crippen molar-refractivity contribution in [2.24, 2.45) is 16.8 Å². The van der Waals surface area contributed by atoms with Crippen molar-refractivity contribution in [2.45, 2.75) is 12.8 Å². The summed E-state index contributed by atoms with van der Waals surface area (Å²) in [4.78, 5) is 38.9. The Morgan fingerprint density at radius 1 is 1.33 bits per heavy atom. The van der Waals surface area contributed by atoms with E-state index in [2.05, 4.69) is 4.99 Å². The fourth-order valence-corrected chi connectivity index (χ4v) is 2.14. The summed E-state index contributed by atoms with van der Waals surface area (Å²) in [6, 6.07) is 0. The van der Waals surface area contributed by atoms with Crippen molar-refractivity contribution in [1.29, 1.82) is 0 Å². The standard InChI is InChI=1S/C12H14N2O4/c15-10-2-1-9(7-13-10)11(16)14-5-3-8(4-6-14)12(17)18/h1-2,7-9H,3-6H2,(H,17,18). The first-order valence-electron chi connectivity index (χ1n) is 5.86. The van der Waals surface area contributed by atoms with Gasteiger partial charge >= 0.3 is 5.97 Å². The number of aliphatic carboxylic acids is 1. The van der Waals surface area contributed by atoms with Gasteiger partial charge in [-0.15, -0.1) is 0 Å². The van der Waals surface area contributed by atoms with Gasteiger partial charge in [0.25, 0.3) is 5.91 Å². The van der Waals surface area contributed by atoms with Gasteiger partial charge < -0.3 is 10.0 Å². The van der Waals surface area contributed by atoms with Crippen molar-refractivity contribution in [3.63, 3.8) is 0 Å². The molecule has 6 nitrogen and oxygen atoms in total. The number of carboxylic acids is 1. The molecule has 2 aliphatic rings. The summed E-state index contributed by atoms with van der Waals surface area (Å²) < 4.78 is 0. The predicted molar refractivity (Wildman–Crippen MR) is 63.1 cm³/mol. The van der Waals surface area contributed by atoms with Gasteiger partial charge in [0.15, 0.2) is 0 Å². The summed E-state index contributed by atoms with van der Waals surface area (Å²) in [7, 11) is 0. The van der Waals surface area contributed by atoms with E-state index < -0.39 is 11.9 Å². The third kappa shape index (κ3) is 2.64. The number of hydrogen-bond acceptors (Lipinski definition) is 3. The minimum Gasteiger partial charge on any atom is -0.481 e. The van der Waals surface area contributed by atoms with Gasteiger partial charge in [-0.1, -0.05) is 6.08 Å². The number of hydrogen-bond donors (Lipinski definition) is 1. The highest BCUT2D eigenvalue weighted by Crippen LogP contribution is 2.19. The van der Waals surface area contributed by atoms with E-state index in [-0.39, 0.29) is 17.7 Å². The second kappa shape index (κ2) is 5.12. The van der Waals surface area contributed by atoms with Crippen molar-refractivity contribution >= 4 is 24.0 Å². The first-order chi connectivity index (χ1) is 8.58. The Hall–Kier alpha value is -1.98. The van der Waals surface area contributed by atoms with Crippen molar-refractivity contribution in [3.8, 4) is 0 Å². The van der Waals surface area contributed by atoms with Crippen LogP contribution >= 0.6 is 0 Å². The third-order valence-electron chi connectivity index (χ3n) is 3.25. The first-order valence-corrected chi connectivity index (χ1v) is 5.86. The molecule has 1 saturated heterocycles. The Morgan fingerprint density at radius 2 is 2.00 bits per heavy atom. The highest BCUT2D eigenvalue weighted by Gasteiger charge is 2.29. The van der Waals surface area contributed by atoms with Crippen LogP contribution in [0.5, 0.6) is 0 Å². The van der Waals surface area contributed by atoms with Gasteiger partial charge in [-0.3, -0.25) is 14.4 Å². The quantitative estimate of drug-likeness (QED) is 0.752. The molecule has 2 aliphatic heterocycles. The molecule has 1 fully saturated rings. The van der Waals surface area contributed by atoms with E-state index in [1.54, 1.807) is 4.90 Å². The Kier molecular flexibility index (Phi) is 3.55. The van der Waals surface area contributed by atoms with E-state index >= 15 is 0 Å². The Bertz CT molecular complexity index is 417. The van der Waals surface area contributed by atoms with Crippen LogP contribution < -0.4 is 0 Å². The summed E-state index contributed by atoms with van der Waals surface area (Å²) in [6.45, 7) is 0.893. The van der Waals surface area contributed by atoms with E-state index in [0.29, 0.717) is 25.9 Å². The lowest BCUT2D eigenvalue weighted by Gasteiger charge is -2.31. The molecule has 0 aromatic heterocycles. The molecule has 0 radical (unpaired) electrons. The van der Waals surface area contributed by atoms with Crippen LogP contribution in [0.3, 0.4) is 0 Å². The molecule has 2 amide bonds. The largest absolute Gasteiger partial charge is 0.481 e. The molecule has 6 heteroatoms. The van der Waals surface area contributed by atoms with Crippen molar-refractivity contribution in [3.05, 3.63) is 12.2 Å². The lowest BCUT2D eigenvalue weighted by molar-refractivity contribution is -0.145. The third-order valence-corrected chi connectivity index (χ3v) is 3.25. The zero-order chi connectivity index (χ0) is 13.1. The van der Waals surface area contributed by atoms with Gasteiger partial charge in [-0.25, -0.2) is 4.99 Å². The second-order valence-electron chi connectivity index (χ2n) is 4.44. The van der Waals surface area contributed by atoms with Crippen LogP contribution in [0.4, 0.5) is 0 Å². The molecule has 0 spiro atoms. The molecule has 1 N–H and O–H groups in total. The van der Waals surface area contributed by atoms with Gasteiger partial charge in [-0.05, 0) is 12.8 Å². The second-order valence-corrected chi connectivity index (χ2v) is 4.44. The van der Waals surface area contributed by atoms with Gasteiger partial charge in [-0.2, -0.15) is 0 Å². The maximum absolute atomic E-state index is 12.1. The van der Waals surface area contributed by atoms with Crippen LogP contribution in [0, 0.1) is 11.8 Å². The normalized spacial score (nSPS) is 24.3. The number of carbonyl (C=O) groups is 3. The average Bonchev–Trinajstić information content (AvgIpc) is 2.39. The monoisotopic (exact) mass is 250 g/mol. The van der Waals surface area contributed by atoms with E-state index in [0.717, 1.165) is 0 Å². The van der Waals surface area contributed by atoms with Crippen LogP contribution in [0.2, 0.25) is 0 Å². The van der Waals surface area contributed by atoms with Crippen molar-refractivity contribution in [1.82, 2.24) is 4.90 Å². The van der Waals surface area contributed by atoms with Crippen LogP contribution in [0.1, 0.15) is 12.8 Å². The van der Waals surface area contributed by atoms with Gasteiger partial charge in [0.05, 0.1) is 11.8 Å². The van der Waals surface area contributed by atoms with Gasteiger partial charge in [0.1, 0.15) is 0 Å². The number of dihydropyridines is 1. The first kappa shape index (κ1) is 12.5. The molecule has 0 aliphatic carbocycles. The minimum absolute atomic E-state index is 0.119. The molecular weight excluding hydrogens is 236 g/mol. The Morgan fingerprint density at radius 3 is 2.50 bits per heavy atom. The number of carboxylic acid groups (broad SMARTS) is 1. The fraction of sp³-hybridized carbons (Fsp3) is 0.500. The minimum atomic E-state index is -0.799. The topological polar surface area (TPSA) is 87.0 Å². The number of piperidine rings is 1. The Balaban J connectivity index is 1.92. The molecule has 1 atom stereocenters. The van der Waals surface area contributed by atoms with E-state index in [1.165, 1.54) is 18.4 Å². The van der Waals surface area contributed by atoms with Crippen LogP contribution in [-0.4, -0.2) is 47.1 Å². The summed E-state index contributed by atoms with van der Waals surface area (Å²) in [5.74, 6) is -2.13. The lowest BCUT2D eigenvalue weighted by Crippen LogP contribution is -2.43. The summed E-state index contributed by atoms with van der Waals surface area (Å²) in [6.07, 6.45) is 5.11.